The van der Waals surface area contributed by atoms with Gasteiger partial charge in [0.1, 0.15) is 10.6 Å². The van der Waals surface area contributed by atoms with Gasteiger partial charge in [-0.15, -0.1) is 0 Å². The van der Waals surface area contributed by atoms with Crippen LogP contribution in [0.5, 0.6) is 5.75 Å². The van der Waals surface area contributed by atoms with Crippen molar-refractivity contribution in [1.82, 2.24) is 4.31 Å². The fraction of sp³-hybridized carbons (Fsp3) is 0.611. The van der Waals surface area contributed by atoms with E-state index in [0.717, 1.165) is 6.42 Å². The lowest BCUT2D eigenvalue weighted by molar-refractivity contribution is -0.120. The molecule has 148 valence electrons. The number of ether oxygens (including phenoxy) is 1. The van der Waals surface area contributed by atoms with Crippen LogP contribution in [0.15, 0.2) is 23.1 Å². The summed E-state index contributed by atoms with van der Waals surface area (Å²) < 4.78 is 32.7. The van der Waals surface area contributed by atoms with Gasteiger partial charge in [0.2, 0.25) is 15.9 Å². The molecule has 0 bridgehead atoms. The Morgan fingerprint density at radius 1 is 1.23 bits per heavy atom. The Kier molecular flexibility index (Phi) is 8.05. The predicted octanol–water partition coefficient (Wildman–Crippen LogP) is 2.57. The number of nitrogens with two attached hydrogens (primary N) is 1. The molecule has 0 aromatic heterocycles. The van der Waals surface area contributed by atoms with Crippen molar-refractivity contribution < 1.29 is 17.9 Å². The van der Waals surface area contributed by atoms with Crippen LogP contribution in [0.25, 0.3) is 0 Å². The van der Waals surface area contributed by atoms with Crippen molar-refractivity contribution >= 4 is 21.6 Å². The third kappa shape index (κ3) is 5.18. The quantitative estimate of drug-likeness (QED) is 0.644. The largest absolute Gasteiger partial charge is 0.492 e. The van der Waals surface area contributed by atoms with E-state index in [4.69, 9.17) is 10.5 Å². The molecule has 0 heterocycles. The van der Waals surface area contributed by atoms with E-state index >= 15 is 0 Å². The van der Waals surface area contributed by atoms with E-state index in [0.29, 0.717) is 31.8 Å². The number of carbonyl (C=O) groups excluding carboxylic acids is 1. The van der Waals surface area contributed by atoms with Crippen molar-refractivity contribution in [3.05, 3.63) is 18.2 Å². The number of hydrogen-bond acceptors (Lipinski definition) is 5. The van der Waals surface area contributed by atoms with E-state index in [2.05, 4.69) is 5.32 Å². The summed E-state index contributed by atoms with van der Waals surface area (Å²) in [5.41, 5.74) is 5.40. The Morgan fingerprint density at radius 3 is 2.35 bits per heavy atom. The molecule has 0 fully saturated rings. The fourth-order valence-corrected chi connectivity index (χ4v) is 4.29. The number of hydrogen-bond donors (Lipinski definition) is 2. The highest BCUT2D eigenvalue weighted by Crippen LogP contribution is 2.30. The molecule has 7 nitrogen and oxygen atoms in total. The molecule has 26 heavy (non-hydrogen) atoms. The summed E-state index contributed by atoms with van der Waals surface area (Å²) in [5.74, 6) is -0.0869. The van der Waals surface area contributed by atoms with Crippen molar-refractivity contribution in [3.8, 4) is 5.75 Å². The molecule has 1 aromatic rings. The normalized spacial score (nSPS) is 14.1. The average molecular weight is 386 g/mol. The molecule has 0 aliphatic heterocycles. The molecule has 1 rings (SSSR count). The monoisotopic (exact) mass is 385 g/mol. The SMILES string of the molecule is CCCC(C)(N)C(=O)Nc1ccc(OCC)c(S(=O)(=O)N(CC)CC)c1. The summed E-state index contributed by atoms with van der Waals surface area (Å²) in [4.78, 5) is 12.5. The number of sulfonamides is 1. The van der Waals surface area contributed by atoms with Gasteiger partial charge in [-0.25, -0.2) is 8.42 Å². The number of amides is 1. The van der Waals surface area contributed by atoms with E-state index in [1.807, 2.05) is 6.92 Å². The van der Waals surface area contributed by atoms with Gasteiger partial charge in [0.25, 0.3) is 0 Å². The van der Waals surface area contributed by atoms with Crippen LogP contribution in [0.3, 0.4) is 0 Å². The third-order valence-electron chi connectivity index (χ3n) is 4.11. The van der Waals surface area contributed by atoms with Crippen molar-refractivity contribution in [3.63, 3.8) is 0 Å². The Morgan fingerprint density at radius 2 is 1.85 bits per heavy atom. The number of rotatable bonds is 10. The van der Waals surface area contributed by atoms with Gasteiger partial charge in [0.15, 0.2) is 0 Å². The van der Waals surface area contributed by atoms with Crippen LogP contribution >= 0.6 is 0 Å². The van der Waals surface area contributed by atoms with Crippen LogP contribution < -0.4 is 15.8 Å². The second-order valence-corrected chi connectivity index (χ2v) is 8.21. The first kappa shape index (κ1) is 22.4. The Balaban J connectivity index is 3.30. The molecule has 0 aliphatic carbocycles. The first-order valence-electron chi connectivity index (χ1n) is 9.01. The molecule has 0 aliphatic rings. The Labute approximate surface area is 156 Å². The minimum atomic E-state index is -3.73. The van der Waals surface area contributed by atoms with Crippen LogP contribution in [-0.2, 0) is 14.8 Å². The zero-order valence-electron chi connectivity index (χ0n) is 16.3. The van der Waals surface area contributed by atoms with Crippen LogP contribution in [0.1, 0.15) is 47.5 Å². The van der Waals surface area contributed by atoms with E-state index in [9.17, 15) is 13.2 Å². The number of nitrogens with zero attached hydrogens (tertiary/aromatic N) is 1. The fourth-order valence-electron chi connectivity index (χ4n) is 2.67. The van der Waals surface area contributed by atoms with Gasteiger partial charge in [-0.05, 0) is 38.5 Å². The standard InChI is InChI=1S/C18H31N3O4S/c1-6-12-18(5,19)17(22)20-14-10-11-15(25-9-4)16(13-14)26(23,24)21(7-2)8-3/h10-11,13H,6-9,12,19H2,1-5H3,(H,20,22). The smallest absolute Gasteiger partial charge is 0.246 e. The number of benzene rings is 1. The number of nitrogens with one attached hydrogen (secondary N) is 1. The first-order chi connectivity index (χ1) is 12.1. The Bertz CT molecular complexity index is 713. The third-order valence-corrected chi connectivity index (χ3v) is 6.18. The lowest BCUT2D eigenvalue weighted by atomic mass is 9.96. The van der Waals surface area contributed by atoms with Gasteiger partial charge in [-0.1, -0.05) is 27.2 Å². The van der Waals surface area contributed by atoms with Gasteiger partial charge in [-0.3, -0.25) is 4.79 Å². The van der Waals surface area contributed by atoms with Crippen LogP contribution in [0.2, 0.25) is 0 Å². The molecule has 3 N–H and O–H groups in total. The lowest BCUT2D eigenvalue weighted by Gasteiger charge is -2.24. The van der Waals surface area contributed by atoms with Crippen LogP contribution in [0, 0.1) is 0 Å². The zero-order chi connectivity index (χ0) is 20.0. The topological polar surface area (TPSA) is 102 Å². The van der Waals surface area contributed by atoms with E-state index in [1.54, 1.807) is 39.8 Å². The second kappa shape index (κ2) is 9.34. The summed E-state index contributed by atoms with van der Waals surface area (Å²) in [5, 5.41) is 2.72. The molecule has 0 saturated heterocycles. The molecule has 1 unspecified atom stereocenters. The van der Waals surface area contributed by atoms with E-state index < -0.39 is 15.6 Å². The highest BCUT2D eigenvalue weighted by atomic mass is 32.2. The van der Waals surface area contributed by atoms with Crippen LogP contribution in [-0.4, -0.2) is 43.9 Å². The van der Waals surface area contributed by atoms with Crippen molar-refractivity contribution in [1.29, 1.82) is 0 Å². The maximum atomic E-state index is 12.9. The number of carbonyl (C=O) groups is 1. The molecule has 1 aromatic carbocycles. The molecular formula is C18H31N3O4S. The van der Waals surface area contributed by atoms with Gasteiger partial charge < -0.3 is 15.8 Å². The van der Waals surface area contributed by atoms with Crippen molar-refractivity contribution in [2.24, 2.45) is 5.73 Å². The molecule has 0 radical (unpaired) electrons. The molecule has 0 saturated carbocycles. The van der Waals surface area contributed by atoms with Gasteiger partial charge in [0.05, 0.1) is 12.1 Å². The molecule has 0 spiro atoms. The first-order valence-corrected chi connectivity index (χ1v) is 10.4. The minimum absolute atomic E-state index is 0.0371. The highest BCUT2D eigenvalue weighted by molar-refractivity contribution is 7.89. The maximum absolute atomic E-state index is 12.9. The van der Waals surface area contributed by atoms with Crippen molar-refractivity contribution in [2.75, 3.05) is 25.0 Å². The summed E-state index contributed by atoms with van der Waals surface area (Å²) in [7, 11) is -3.73. The Hall–Kier alpha value is -1.64. The highest BCUT2D eigenvalue weighted by Gasteiger charge is 2.29. The molecule has 8 heteroatoms. The number of anilines is 1. The van der Waals surface area contributed by atoms with E-state index in [1.165, 1.54) is 10.4 Å². The molecular weight excluding hydrogens is 354 g/mol. The van der Waals surface area contributed by atoms with Gasteiger partial charge >= 0.3 is 0 Å². The zero-order valence-corrected chi connectivity index (χ0v) is 17.1. The summed E-state index contributed by atoms with van der Waals surface area (Å²) in [6.07, 6.45) is 1.30. The lowest BCUT2D eigenvalue weighted by Crippen LogP contribution is -2.48. The molecule has 1 amide bonds. The van der Waals surface area contributed by atoms with E-state index in [-0.39, 0.29) is 16.6 Å². The summed E-state index contributed by atoms with van der Waals surface area (Å²) >= 11 is 0. The maximum Gasteiger partial charge on any atom is 0.246 e. The second-order valence-electron chi connectivity index (χ2n) is 6.31. The van der Waals surface area contributed by atoms with Gasteiger partial charge in [0, 0.05) is 18.8 Å². The van der Waals surface area contributed by atoms with Crippen LogP contribution in [0.4, 0.5) is 5.69 Å². The minimum Gasteiger partial charge on any atom is -0.492 e. The molecule has 1 atom stereocenters. The van der Waals surface area contributed by atoms with Gasteiger partial charge in [-0.2, -0.15) is 4.31 Å². The average Bonchev–Trinajstić information content (AvgIpc) is 2.57. The predicted molar refractivity (Wildman–Crippen MR) is 104 cm³/mol. The summed E-state index contributed by atoms with van der Waals surface area (Å²) in [6, 6.07) is 4.61. The van der Waals surface area contributed by atoms with Crippen molar-refractivity contribution in [2.45, 2.75) is 57.9 Å². The summed E-state index contributed by atoms with van der Waals surface area (Å²) in [6.45, 7) is 9.97.